The van der Waals surface area contributed by atoms with Gasteiger partial charge in [-0.2, -0.15) is 18.3 Å². The topological polar surface area (TPSA) is 80.0 Å². The van der Waals surface area contributed by atoms with Crippen molar-refractivity contribution in [2.45, 2.75) is 32.5 Å². The zero-order valence-electron chi connectivity index (χ0n) is 13.1. The summed E-state index contributed by atoms with van der Waals surface area (Å²) in [5.41, 5.74) is -0.107. The van der Waals surface area contributed by atoms with E-state index in [-0.39, 0.29) is 24.4 Å². The van der Waals surface area contributed by atoms with E-state index in [1.54, 1.807) is 13.8 Å². The van der Waals surface area contributed by atoms with E-state index < -0.39 is 11.7 Å². The molecule has 0 aliphatic rings. The Hall–Kier alpha value is -2.42. The summed E-state index contributed by atoms with van der Waals surface area (Å²) >= 11 is 0. The van der Waals surface area contributed by atoms with Gasteiger partial charge in [-0.1, -0.05) is 0 Å². The van der Waals surface area contributed by atoms with Crippen LogP contribution in [0.15, 0.2) is 24.5 Å². The number of nitrogens with one attached hydrogen (secondary N) is 1. The van der Waals surface area contributed by atoms with Crippen molar-refractivity contribution in [3.05, 3.63) is 41.3 Å². The molecular formula is C15H17F3N4O2. The molecule has 9 heteroatoms. The molecule has 2 N–H and O–H groups in total. The number of nitrogens with zero attached hydrogens (tertiary/aromatic N) is 3. The summed E-state index contributed by atoms with van der Waals surface area (Å²) in [6, 6.07) is 1.89. The standard InChI is InChI=1S/C15H17F3N4O2/c1-9(5-6-23)21-14(24)12-8-20-22(10(12)2)13-4-3-11(7-19-13)15(16,17)18/h3-4,7-9,23H,5-6H2,1-2H3,(H,21,24). The number of carbonyl (C=O) groups excluding carboxylic acids is 1. The molecule has 0 aromatic carbocycles. The number of aliphatic hydroxyl groups is 1. The monoisotopic (exact) mass is 342 g/mol. The summed E-state index contributed by atoms with van der Waals surface area (Å²) in [7, 11) is 0. The maximum absolute atomic E-state index is 12.6. The summed E-state index contributed by atoms with van der Waals surface area (Å²) in [6.45, 7) is 3.33. The number of carbonyl (C=O) groups is 1. The summed E-state index contributed by atoms with van der Waals surface area (Å²) in [5, 5.41) is 15.6. The number of rotatable bonds is 5. The highest BCUT2D eigenvalue weighted by Gasteiger charge is 2.30. The van der Waals surface area contributed by atoms with E-state index in [1.165, 1.54) is 16.9 Å². The second kappa shape index (κ2) is 7.00. The van der Waals surface area contributed by atoms with Crippen LogP contribution in [0.1, 0.15) is 35.0 Å². The molecule has 2 aromatic rings. The quantitative estimate of drug-likeness (QED) is 0.872. The number of alkyl halides is 3. The van der Waals surface area contributed by atoms with Crippen LogP contribution in [-0.2, 0) is 6.18 Å². The average Bonchev–Trinajstić information content (AvgIpc) is 2.88. The maximum Gasteiger partial charge on any atom is 0.417 e. The predicted molar refractivity (Wildman–Crippen MR) is 79.7 cm³/mol. The fraction of sp³-hybridized carbons (Fsp3) is 0.400. The van der Waals surface area contributed by atoms with Crippen molar-refractivity contribution in [1.29, 1.82) is 0 Å². The number of aliphatic hydroxyl groups excluding tert-OH is 1. The molecule has 1 amide bonds. The van der Waals surface area contributed by atoms with Gasteiger partial charge in [0.15, 0.2) is 5.82 Å². The first-order valence-corrected chi connectivity index (χ1v) is 7.24. The zero-order chi connectivity index (χ0) is 17.9. The zero-order valence-corrected chi connectivity index (χ0v) is 13.1. The van der Waals surface area contributed by atoms with E-state index in [1.807, 2.05) is 0 Å². The van der Waals surface area contributed by atoms with Gasteiger partial charge in [0.25, 0.3) is 5.91 Å². The van der Waals surface area contributed by atoms with E-state index in [0.29, 0.717) is 17.7 Å². The van der Waals surface area contributed by atoms with Crippen molar-refractivity contribution >= 4 is 5.91 Å². The molecule has 2 rings (SSSR count). The van der Waals surface area contributed by atoms with Crippen LogP contribution >= 0.6 is 0 Å². The molecule has 0 bridgehead atoms. The van der Waals surface area contributed by atoms with Crippen LogP contribution in [0.4, 0.5) is 13.2 Å². The molecule has 6 nitrogen and oxygen atoms in total. The van der Waals surface area contributed by atoms with Gasteiger partial charge in [0.1, 0.15) is 0 Å². The van der Waals surface area contributed by atoms with Crippen LogP contribution in [0.3, 0.4) is 0 Å². The smallest absolute Gasteiger partial charge is 0.396 e. The fourth-order valence-electron chi connectivity index (χ4n) is 2.11. The third-order valence-electron chi connectivity index (χ3n) is 3.49. The van der Waals surface area contributed by atoms with Gasteiger partial charge in [-0.3, -0.25) is 4.79 Å². The lowest BCUT2D eigenvalue weighted by molar-refractivity contribution is -0.137. The van der Waals surface area contributed by atoms with E-state index >= 15 is 0 Å². The largest absolute Gasteiger partial charge is 0.417 e. The summed E-state index contributed by atoms with van der Waals surface area (Å²) in [4.78, 5) is 15.9. The Morgan fingerprint density at radius 1 is 1.38 bits per heavy atom. The van der Waals surface area contributed by atoms with Crippen LogP contribution in [-0.4, -0.2) is 38.4 Å². The summed E-state index contributed by atoms with van der Waals surface area (Å²) in [5.74, 6) is -0.186. The number of amides is 1. The minimum absolute atomic E-state index is 0.0465. The number of aromatic nitrogens is 3. The molecular weight excluding hydrogens is 325 g/mol. The molecule has 24 heavy (non-hydrogen) atoms. The third-order valence-corrected chi connectivity index (χ3v) is 3.49. The van der Waals surface area contributed by atoms with Gasteiger partial charge < -0.3 is 10.4 Å². The Morgan fingerprint density at radius 2 is 2.08 bits per heavy atom. The van der Waals surface area contributed by atoms with Crippen molar-refractivity contribution < 1.29 is 23.1 Å². The number of hydrogen-bond donors (Lipinski definition) is 2. The molecule has 0 saturated heterocycles. The van der Waals surface area contributed by atoms with Crippen LogP contribution in [0.2, 0.25) is 0 Å². The summed E-state index contributed by atoms with van der Waals surface area (Å²) < 4.78 is 39.0. The Labute approximate surface area is 136 Å². The highest BCUT2D eigenvalue weighted by atomic mass is 19.4. The van der Waals surface area contributed by atoms with Crippen LogP contribution in [0.25, 0.3) is 5.82 Å². The Morgan fingerprint density at radius 3 is 2.62 bits per heavy atom. The fourth-order valence-corrected chi connectivity index (χ4v) is 2.11. The predicted octanol–water partition coefficient (Wildman–Crippen LogP) is 2.10. The molecule has 0 saturated carbocycles. The van der Waals surface area contributed by atoms with Crippen LogP contribution in [0, 0.1) is 6.92 Å². The van der Waals surface area contributed by atoms with Gasteiger partial charge in [0.2, 0.25) is 0 Å². The van der Waals surface area contributed by atoms with Crippen molar-refractivity contribution in [2.75, 3.05) is 6.61 Å². The number of hydrogen-bond acceptors (Lipinski definition) is 4. The minimum Gasteiger partial charge on any atom is -0.396 e. The van der Waals surface area contributed by atoms with Crippen molar-refractivity contribution in [3.63, 3.8) is 0 Å². The normalized spacial score (nSPS) is 12.9. The van der Waals surface area contributed by atoms with Gasteiger partial charge in [0, 0.05) is 18.8 Å². The maximum atomic E-state index is 12.6. The highest BCUT2D eigenvalue weighted by molar-refractivity contribution is 5.95. The first-order valence-electron chi connectivity index (χ1n) is 7.24. The molecule has 0 fully saturated rings. The molecule has 0 aliphatic heterocycles. The number of pyridine rings is 1. The first kappa shape index (κ1) is 17.9. The van der Waals surface area contributed by atoms with E-state index in [2.05, 4.69) is 15.4 Å². The third kappa shape index (κ3) is 3.91. The van der Waals surface area contributed by atoms with Crippen molar-refractivity contribution in [1.82, 2.24) is 20.1 Å². The van der Waals surface area contributed by atoms with Gasteiger partial charge >= 0.3 is 6.18 Å². The lowest BCUT2D eigenvalue weighted by Gasteiger charge is -2.12. The second-order valence-electron chi connectivity index (χ2n) is 5.35. The molecule has 0 spiro atoms. The molecule has 2 heterocycles. The molecule has 0 aliphatic carbocycles. The second-order valence-corrected chi connectivity index (χ2v) is 5.35. The lowest BCUT2D eigenvalue weighted by Crippen LogP contribution is -2.33. The number of halogens is 3. The highest BCUT2D eigenvalue weighted by Crippen LogP contribution is 2.28. The SMILES string of the molecule is Cc1c(C(=O)NC(C)CCO)cnn1-c1ccc(C(F)(F)F)cn1. The Balaban J connectivity index is 2.22. The minimum atomic E-state index is -4.46. The summed E-state index contributed by atoms with van der Waals surface area (Å²) in [6.07, 6.45) is -1.99. The molecule has 0 radical (unpaired) electrons. The first-order chi connectivity index (χ1) is 11.2. The van der Waals surface area contributed by atoms with Crippen molar-refractivity contribution in [2.24, 2.45) is 0 Å². The Kier molecular flexibility index (Phi) is 5.23. The molecule has 2 aromatic heterocycles. The Bertz CT molecular complexity index is 710. The molecule has 1 atom stereocenters. The van der Waals surface area contributed by atoms with Crippen LogP contribution in [0.5, 0.6) is 0 Å². The van der Waals surface area contributed by atoms with Gasteiger partial charge in [-0.05, 0) is 32.4 Å². The van der Waals surface area contributed by atoms with Crippen molar-refractivity contribution in [3.8, 4) is 5.82 Å². The van der Waals surface area contributed by atoms with Crippen LogP contribution < -0.4 is 5.32 Å². The van der Waals surface area contributed by atoms with E-state index in [0.717, 1.165) is 12.3 Å². The average molecular weight is 342 g/mol. The van der Waals surface area contributed by atoms with Gasteiger partial charge in [0.05, 0.1) is 23.0 Å². The van der Waals surface area contributed by atoms with E-state index in [9.17, 15) is 18.0 Å². The van der Waals surface area contributed by atoms with E-state index in [4.69, 9.17) is 5.11 Å². The molecule has 1 unspecified atom stereocenters. The lowest BCUT2D eigenvalue weighted by atomic mass is 10.2. The van der Waals surface area contributed by atoms with Gasteiger partial charge in [-0.15, -0.1) is 0 Å². The molecule has 130 valence electrons. The van der Waals surface area contributed by atoms with Gasteiger partial charge in [-0.25, -0.2) is 9.67 Å².